The molecule has 1 heterocycles. The second kappa shape index (κ2) is 4.71. The topological polar surface area (TPSA) is 24.4 Å². The zero-order chi connectivity index (χ0) is 10.7. The smallest absolute Gasteiger partial charge is 0.120 e. The van der Waals surface area contributed by atoms with Crippen LogP contribution in [0.5, 0.6) is 0 Å². The summed E-state index contributed by atoms with van der Waals surface area (Å²) in [6, 6.07) is 6.36. The summed E-state index contributed by atoms with van der Waals surface area (Å²) in [5.74, 6) is 1.16. The van der Waals surface area contributed by atoms with Crippen LogP contribution in [-0.2, 0) is 0 Å². The monoisotopic (exact) mass is 220 g/mol. The van der Waals surface area contributed by atoms with Crippen molar-refractivity contribution in [2.24, 2.45) is 4.99 Å². The van der Waals surface area contributed by atoms with Gasteiger partial charge in [-0.25, -0.2) is 0 Å². The second-order valence-corrected chi connectivity index (χ2v) is 4.79. The standard InChI is InChI=1S/C12H16N2S/c1-9-4-3-5-10(2)12(9)14-11-6-7-15-8-13-11/h3-5,8,11,14H,6-7H2,1-2H3. The number of nitrogens with zero attached hydrogens (tertiary/aromatic N) is 1. The molecule has 0 radical (unpaired) electrons. The van der Waals surface area contributed by atoms with Crippen molar-refractivity contribution in [2.75, 3.05) is 11.1 Å². The summed E-state index contributed by atoms with van der Waals surface area (Å²) in [7, 11) is 0. The van der Waals surface area contributed by atoms with E-state index in [0.29, 0.717) is 0 Å². The van der Waals surface area contributed by atoms with Crippen LogP contribution >= 0.6 is 11.8 Å². The van der Waals surface area contributed by atoms with Crippen LogP contribution < -0.4 is 5.32 Å². The summed E-state index contributed by atoms with van der Waals surface area (Å²) < 4.78 is 0. The van der Waals surface area contributed by atoms with Gasteiger partial charge in [0.1, 0.15) is 6.17 Å². The van der Waals surface area contributed by atoms with Crippen molar-refractivity contribution in [3.05, 3.63) is 29.3 Å². The molecule has 1 aromatic rings. The van der Waals surface area contributed by atoms with E-state index in [4.69, 9.17) is 0 Å². The van der Waals surface area contributed by atoms with E-state index >= 15 is 0 Å². The van der Waals surface area contributed by atoms with Gasteiger partial charge in [-0.05, 0) is 31.4 Å². The number of rotatable bonds is 2. The van der Waals surface area contributed by atoms with Gasteiger partial charge in [0, 0.05) is 11.4 Å². The summed E-state index contributed by atoms with van der Waals surface area (Å²) in [5, 5.41) is 3.51. The molecule has 1 aliphatic rings. The third-order valence-electron chi connectivity index (χ3n) is 2.62. The molecule has 2 rings (SSSR count). The Balaban J connectivity index is 2.16. The number of benzene rings is 1. The van der Waals surface area contributed by atoms with Crippen LogP contribution in [0.15, 0.2) is 23.2 Å². The number of nitrogens with one attached hydrogen (secondary N) is 1. The van der Waals surface area contributed by atoms with Gasteiger partial charge in [-0.15, -0.1) is 11.8 Å². The number of hydrogen-bond donors (Lipinski definition) is 1. The van der Waals surface area contributed by atoms with Crippen molar-refractivity contribution in [3.63, 3.8) is 0 Å². The van der Waals surface area contributed by atoms with E-state index in [9.17, 15) is 0 Å². The van der Waals surface area contributed by atoms with Crippen LogP contribution in [0.2, 0.25) is 0 Å². The summed E-state index contributed by atoms with van der Waals surface area (Å²) in [6.45, 7) is 4.27. The molecule has 15 heavy (non-hydrogen) atoms. The molecule has 0 saturated carbocycles. The highest BCUT2D eigenvalue weighted by Gasteiger charge is 2.11. The molecule has 0 fully saturated rings. The summed E-state index contributed by atoms with van der Waals surface area (Å²) >= 11 is 1.79. The van der Waals surface area contributed by atoms with E-state index in [2.05, 4.69) is 42.4 Å². The van der Waals surface area contributed by atoms with E-state index in [-0.39, 0.29) is 6.17 Å². The SMILES string of the molecule is Cc1cccc(C)c1NC1CCSC=N1. The number of anilines is 1. The van der Waals surface area contributed by atoms with E-state index in [1.54, 1.807) is 11.8 Å². The van der Waals surface area contributed by atoms with Gasteiger partial charge < -0.3 is 5.32 Å². The van der Waals surface area contributed by atoms with E-state index in [1.165, 1.54) is 16.8 Å². The predicted molar refractivity (Wildman–Crippen MR) is 68.9 cm³/mol. The lowest BCUT2D eigenvalue weighted by Gasteiger charge is -2.21. The van der Waals surface area contributed by atoms with Gasteiger partial charge in [0.15, 0.2) is 0 Å². The maximum atomic E-state index is 4.43. The number of hydrogen-bond acceptors (Lipinski definition) is 3. The fourth-order valence-corrected chi connectivity index (χ4v) is 2.44. The van der Waals surface area contributed by atoms with Crippen molar-refractivity contribution in [1.82, 2.24) is 0 Å². The number of para-hydroxylation sites is 1. The van der Waals surface area contributed by atoms with Crippen molar-refractivity contribution in [2.45, 2.75) is 26.4 Å². The predicted octanol–water partition coefficient (Wildman–Crippen LogP) is 3.21. The van der Waals surface area contributed by atoms with Crippen molar-refractivity contribution < 1.29 is 0 Å². The Labute approximate surface area is 95.2 Å². The van der Waals surface area contributed by atoms with Gasteiger partial charge in [-0.2, -0.15) is 0 Å². The molecule has 0 saturated heterocycles. The fourth-order valence-electron chi connectivity index (χ4n) is 1.74. The van der Waals surface area contributed by atoms with Crippen molar-refractivity contribution in [1.29, 1.82) is 0 Å². The maximum Gasteiger partial charge on any atom is 0.120 e. The first-order valence-electron chi connectivity index (χ1n) is 5.23. The van der Waals surface area contributed by atoms with Crippen molar-refractivity contribution in [3.8, 4) is 0 Å². The molecule has 1 aromatic carbocycles. The first-order valence-corrected chi connectivity index (χ1v) is 6.28. The molecule has 0 amide bonds. The van der Waals surface area contributed by atoms with Crippen LogP contribution in [0, 0.1) is 13.8 Å². The highest BCUT2D eigenvalue weighted by molar-refractivity contribution is 8.12. The Kier molecular flexibility index (Phi) is 3.31. The Morgan fingerprint density at radius 2 is 2.07 bits per heavy atom. The first-order chi connectivity index (χ1) is 7.27. The first kappa shape index (κ1) is 10.6. The zero-order valence-corrected chi connectivity index (χ0v) is 9.97. The summed E-state index contributed by atoms with van der Waals surface area (Å²) in [4.78, 5) is 4.43. The van der Waals surface area contributed by atoms with Gasteiger partial charge in [-0.1, -0.05) is 18.2 Å². The van der Waals surface area contributed by atoms with Crippen LogP contribution in [0.4, 0.5) is 5.69 Å². The van der Waals surface area contributed by atoms with E-state index in [1.807, 2.05) is 5.55 Å². The maximum absolute atomic E-state index is 4.43. The molecule has 80 valence electrons. The van der Waals surface area contributed by atoms with Crippen LogP contribution in [0.25, 0.3) is 0 Å². The molecule has 0 spiro atoms. The number of aliphatic imine (C=N–C) groups is 1. The molecule has 0 bridgehead atoms. The average Bonchev–Trinajstić information content (AvgIpc) is 2.25. The molecule has 1 atom stereocenters. The van der Waals surface area contributed by atoms with E-state index < -0.39 is 0 Å². The molecule has 1 unspecified atom stereocenters. The Hall–Kier alpha value is -0.960. The normalized spacial score (nSPS) is 20.3. The third kappa shape index (κ3) is 2.53. The van der Waals surface area contributed by atoms with Gasteiger partial charge in [-0.3, -0.25) is 4.99 Å². The Morgan fingerprint density at radius 1 is 1.33 bits per heavy atom. The fraction of sp³-hybridized carbons (Fsp3) is 0.417. The highest BCUT2D eigenvalue weighted by Crippen LogP contribution is 2.22. The van der Waals surface area contributed by atoms with E-state index in [0.717, 1.165) is 12.2 Å². The third-order valence-corrected chi connectivity index (χ3v) is 3.36. The zero-order valence-electron chi connectivity index (χ0n) is 9.16. The minimum atomic E-state index is 0.256. The molecule has 0 aromatic heterocycles. The Morgan fingerprint density at radius 3 is 2.67 bits per heavy atom. The van der Waals surface area contributed by atoms with Crippen molar-refractivity contribution >= 4 is 23.0 Å². The minimum Gasteiger partial charge on any atom is -0.363 e. The van der Waals surface area contributed by atoms with Crippen LogP contribution in [0.1, 0.15) is 17.5 Å². The minimum absolute atomic E-state index is 0.256. The summed E-state index contributed by atoms with van der Waals surface area (Å²) in [5.41, 5.74) is 5.79. The molecular weight excluding hydrogens is 204 g/mol. The lowest BCUT2D eigenvalue weighted by Crippen LogP contribution is -2.21. The quantitative estimate of drug-likeness (QED) is 0.827. The summed E-state index contributed by atoms with van der Waals surface area (Å²) in [6.07, 6.45) is 1.36. The van der Waals surface area contributed by atoms with Gasteiger partial charge in [0.05, 0.1) is 5.55 Å². The number of aryl methyl sites for hydroxylation is 2. The molecule has 3 heteroatoms. The Bertz CT molecular complexity index is 354. The highest BCUT2D eigenvalue weighted by atomic mass is 32.2. The lowest BCUT2D eigenvalue weighted by molar-refractivity contribution is 0.737. The van der Waals surface area contributed by atoms with Gasteiger partial charge in [0.25, 0.3) is 0 Å². The van der Waals surface area contributed by atoms with Gasteiger partial charge in [0.2, 0.25) is 0 Å². The van der Waals surface area contributed by atoms with Crippen LogP contribution in [0.3, 0.4) is 0 Å². The second-order valence-electron chi connectivity index (χ2n) is 3.84. The van der Waals surface area contributed by atoms with Gasteiger partial charge >= 0.3 is 0 Å². The number of thioether (sulfide) groups is 1. The van der Waals surface area contributed by atoms with Crippen LogP contribution in [-0.4, -0.2) is 17.5 Å². The molecular formula is C12H16N2S. The molecule has 0 aliphatic carbocycles. The molecule has 2 nitrogen and oxygen atoms in total. The largest absolute Gasteiger partial charge is 0.363 e. The molecule has 1 aliphatic heterocycles. The lowest BCUT2D eigenvalue weighted by atomic mass is 10.1. The molecule has 1 N–H and O–H groups in total. The average molecular weight is 220 g/mol.